The molecule has 0 aliphatic heterocycles. The van der Waals surface area contributed by atoms with E-state index >= 15 is 0 Å². The third-order valence-corrected chi connectivity index (χ3v) is 3.06. The van der Waals surface area contributed by atoms with Gasteiger partial charge in [-0.25, -0.2) is 4.79 Å². The summed E-state index contributed by atoms with van der Waals surface area (Å²) >= 11 is 0. The molecule has 0 bridgehead atoms. The lowest BCUT2D eigenvalue weighted by atomic mass is 10.0. The fourth-order valence-electron chi connectivity index (χ4n) is 1.86. The van der Waals surface area contributed by atoms with E-state index in [0.29, 0.717) is 24.9 Å². The fraction of sp³-hybridized carbons (Fsp3) is 0.688. The first-order valence-corrected chi connectivity index (χ1v) is 7.62. The molecule has 0 fully saturated rings. The summed E-state index contributed by atoms with van der Waals surface area (Å²) < 4.78 is 10.9. The van der Waals surface area contributed by atoms with Crippen molar-refractivity contribution in [1.82, 2.24) is 10.6 Å². The molecule has 6 nitrogen and oxygen atoms in total. The molecule has 2 unspecified atom stereocenters. The second-order valence-corrected chi connectivity index (χ2v) is 6.34. The van der Waals surface area contributed by atoms with Crippen LogP contribution in [0.25, 0.3) is 0 Å². The van der Waals surface area contributed by atoms with Gasteiger partial charge in [-0.1, -0.05) is 13.8 Å². The van der Waals surface area contributed by atoms with Gasteiger partial charge in [0, 0.05) is 6.61 Å². The third-order valence-electron chi connectivity index (χ3n) is 3.06. The van der Waals surface area contributed by atoms with Crippen molar-refractivity contribution in [2.24, 2.45) is 5.92 Å². The second-order valence-electron chi connectivity index (χ2n) is 6.34. The molecule has 0 saturated heterocycles. The van der Waals surface area contributed by atoms with Gasteiger partial charge in [-0.2, -0.15) is 0 Å². The number of carbonyl (C=O) groups excluding carboxylic acids is 1. The summed E-state index contributed by atoms with van der Waals surface area (Å²) in [4.78, 5) is 11.8. The smallest absolute Gasteiger partial charge is 0.315 e. The lowest BCUT2D eigenvalue weighted by Crippen LogP contribution is -2.47. The highest BCUT2D eigenvalue weighted by molar-refractivity contribution is 5.74. The molecule has 0 aliphatic carbocycles. The molecule has 0 aliphatic rings. The second kappa shape index (κ2) is 8.19. The zero-order valence-corrected chi connectivity index (χ0v) is 14.1. The number of ether oxygens (including phenoxy) is 1. The number of hydrogen-bond acceptors (Lipinski definition) is 4. The quantitative estimate of drug-likeness (QED) is 0.687. The molecule has 0 radical (unpaired) electrons. The van der Waals surface area contributed by atoms with Crippen molar-refractivity contribution in [3.05, 3.63) is 23.7 Å². The normalized spacial score (nSPS) is 15.4. The molecule has 0 saturated carbocycles. The summed E-state index contributed by atoms with van der Waals surface area (Å²) in [7, 11) is 0. The number of hydrogen-bond donors (Lipinski definition) is 3. The highest BCUT2D eigenvalue weighted by atomic mass is 16.5. The average molecular weight is 312 g/mol. The van der Waals surface area contributed by atoms with E-state index < -0.39 is 5.60 Å². The molecule has 0 spiro atoms. The third kappa shape index (κ3) is 6.49. The zero-order chi connectivity index (χ0) is 16.8. The molecular weight excluding hydrogens is 284 g/mol. The van der Waals surface area contributed by atoms with Crippen LogP contribution in [0.1, 0.15) is 39.2 Å². The number of carbonyl (C=O) groups is 1. The monoisotopic (exact) mass is 312 g/mol. The minimum Gasteiger partial charge on any atom is -0.463 e. The Kier molecular flexibility index (Phi) is 6.90. The summed E-state index contributed by atoms with van der Waals surface area (Å²) in [6.07, 6.45) is 0. The minimum atomic E-state index is -1.25. The van der Waals surface area contributed by atoms with E-state index in [9.17, 15) is 9.90 Å². The van der Waals surface area contributed by atoms with Crippen LogP contribution < -0.4 is 10.6 Å². The Morgan fingerprint density at radius 3 is 2.59 bits per heavy atom. The molecule has 2 atom stereocenters. The van der Waals surface area contributed by atoms with Crippen molar-refractivity contribution >= 4 is 6.03 Å². The van der Waals surface area contributed by atoms with Gasteiger partial charge in [-0.3, -0.25) is 0 Å². The Morgan fingerprint density at radius 2 is 2.05 bits per heavy atom. The number of rotatable bonds is 8. The molecule has 6 heteroatoms. The van der Waals surface area contributed by atoms with Gasteiger partial charge in [0.1, 0.15) is 17.1 Å². The van der Waals surface area contributed by atoms with E-state index in [1.807, 2.05) is 6.92 Å². The first-order chi connectivity index (χ1) is 10.2. The summed E-state index contributed by atoms with van der Waals surface area (Å²) in [6.45, 7) is 10.6. The highest BCUT2D eigenvalue weighted by Gasteiger charge is 2.27. The number of amides is 2. The maximum atomic E-state index is 11.8. The maximum absolute atomic E-state index is 11.8. The molecule has 22 heavy (non-hydrogen) atoms. The van der Waals surface area contributed by atoms with Gasteiger partial charge in [-0.05, 0) is 38.8 Å². The van der Waals surface area contributed by atoms with Crippen LogP contribution in [0.3, 0.4) is 0 Å². The van der Waals surface area contributed by atoms with E-state index in [4.69, 9.17) is 9.15 Å². The number of aliphatic hydroxyl groups is 1. The number of aryl methyl sites for hydroxylation is 1. The largest absolute Gasteiger partial charge is 0.463 e. The number of nitrogens with one attached hydrogen (secondary N) is 2. The summed E-state index contributed by atoms with van der Waals surface area (Å²) in [5, 5.41) is 15.7. The maximum Gasteiger partial charge on any atom is 0.315 e. The molecule has 0 aromatic carbocycles. The number of furan rings is 1. The van der Waals surface area contributed by atoms with E-state index in [2.05, 4.69) is 24.5 Å². The van der Waals surface area contributed by atoms with Crippen LogP contribution in [-0.4, -0.2) is 36.9 Å². The van der Waals surface area contributed by atoms with Crippen LogP contribution in [0.2, 0.25) is 0 Å². The fourth-order valence-corrected chi connectivity index (χ4v) is 1.86. The van der Waals surface area contributed by atoms with E-state index in [1.54, 1.807) is 26.0 Å². The highest BCUT2D eigenvalue weighted by Crippen LogP contribution is 2.21. The molecule has 3 N–H and O–H groups in total. The van der Waals surface area contributed by atoms with Crippen molar-refractivity contribution in [2.45, 2.75) is 46.3 Å². The van der Waals surface area contributed by atoms with Crippen molar-refractivity contribution in [3.63, 3.8) is 0 Å². The topological polar surface area (TPSA) is 83.7 Å². The lowest BCUT2D eigenvalue weighted by molar-refractivity contribution is 0.0356. The average Bonchev–Trinajstić information content (AvgIpc) is 2.83. The van der Waals surface area contributed by atoms with Crippen LogP contribution in [0, 0.1) is 12.8 Å². The zero-order valence-electron chi connectivity index (χ0n) is 14.1. The van der Waals surface area contributed by atoms with Gasteiger partial charge in [0.05, 0.1) is 19.2 Å². The van der Waals surface area contributed by atoms with Gasteiger partial charge in [0.25, 0.3) is 0 Å². The molecular formula is C16H28N2O4. The van der Waals surface area contributed by atoms with Gasteiger partial charge in [0.2, 0.25) is 0 Å². The minimum absolute atomic E-state index is 0.0609. The van der Waals surface area contributed by atoms with E-state index in [0.717, 1.165) is 5.76 Å². The SMILES string of the molecule is Cc1ccc(C(C)(O)CNC(=O)NC(C)COCC(C)C)o1. The van der Waals surface area contributed by atoms with Crippen LogP contribution in [0.4, 0.5) is 4.79 Å². The Hall–Kier alpha value is -1.53. The number of urea groups is 1. The van der Waals surface area contributed by atoms with Crippen molar-refractivity contribution in [1.29, 1.82) is 0 Å². The van der Waals surface area contributed by atoms with Crippen molar-refractivity contribution in [3.8, 4) is 0 Å². The lowest BCUT2D eigenvalue weighted by Gasteiger charge is -2.22. The first kappa shape index (κ1) is 18.5. The van der Waals surface area contributed by atoms with Crippen molar-refractivity contribution in [2.75, 3.05) is 19.8 Å². The van der Waals surface area contributed by atoms with Crippen molar-refractivity contribution < 1.29 is 19.1 Å². The summed E-state index contributed by atoms with van der Waals surface area (Å²) in [5.41, 5.74) is -1.25. The molecule has 2 amide bonds. The van der Waals surface area contributed by atoms with Gasteiger partial charge < -0.3 is 24.9 Å². The summed E-state index contributed by atoms with van der Waals surface area (Å²) in [5.74, 6) is 1.61. The van der Waals surface area contributed by atoms with Gasteiger partial charge >= 0.3 is 6.03 Å². The standard InChI is InChI=1S/C16H28N2O4/c1-11(2)8-21-9-12(3)18-15(19)17-10-16(5,20)14-7-6-13(4)22-14/h6-7,11-12,20H,8-10H2,1-5H3,(H2,17,18,19). The van der Waals surface area contributed by atoms with E-state index in [-0.39, 0.29) is 18.6 Å². The van der Waals surface area contributed by atoms with Crippen LogP contribution in [-0.2, 0) is 10.3 Å². The molecule has 126 valence electrons. The van der Waals surface area contributed by atoms with Crippen LogP contribution in [0.15, 0.2) is 16.5 Å². The predicted molar refractivity (Wildman–Crippen MR) is 84.7 cm³/mol. The van der Waals surface area contributed by atoms with Crippen LogP contribution in [0.5, 0.6) is 0 Å². The van der Waals surface area contributed by atoms with Gasteiger partial charge in [0.15, 0.2) is 0 Å². The molecule has 1 aromatic rings. The molecule has 1 rings (SSSR count). The van der Waals surface area contributed by atoms with E-state index in [1.165, 1.54) is 0 Å². The van der Waals surface area contributed by atoms with Gasteiger partial charge in [-0.15, -0.1) is 0 Å². The Balaban J connectivity index is 2.33. The van der Waals surface area contributed by atoms with Crippen LogP contribution >= 0.6 is 0 Å². The Bertz CT molecular complexity index is 468. The first-order valence-electron chi connectivity index (χ1n) is 7.62. The predicted octanol–water partition coefficient (Wildman–Crippen LogP) is 2.16. The molecule has 1 heterocycles. The summed E-state index contributed by atoms with van der Waals surface area (Å²) in [6, 6.07) is 3.04. The Labute approximate surface area is 132 Å². The Morgan fingerprint density at radius 1 is 1.36 bits per heavy atom. The molecule has 1 aromatic heterocycles.